The van der Waals surface area contributed by atoms with Gasteiger partial charge in [0.15, 0.2) is 0 Å². The predicted octanol–water partition coefficient (Wildman–Crippen LogP) is 1.28. The van der Waals surface area contributed by atoms with E-state index in [-0.39, 0.29) is 49.2 Å². The summed E-state index contributed by atoms with van der Waals surface area (Å²) >= 11 is 1.88. The summed E-state index contributed by atoms with van der Waals surface area (Å²) in [6, 6.07) is -0.779. The number of carbonyl (C=O) groups excluding carboxylic acids is 5. The molecule has 39 heavy (non-hydrogen) atoms. The second-order valence-electron chi connectivity index (χ2n) is 10.4. The third-order valence-electron chi connectivity index (χ3n) is 7.40. The Hall–Kier alpha value is -2.83. The summed E-state index contributed by atoms with van der Waals surface area (Å²) < 4.78 is 0. The van der Waals surface area contributed by atoms with Crippen molar-refractivity contribution in [3.05, 3.63) is 0 Å². The minimum atomic E-state index is -1.19. The van der Waals surface area contributed by atoms with Crippen LogP contribution >= 0.6 is 11.8 Å². The maximum absolute atomic E-state index is 12.0. The molecule has 5 N–H and O–H groups in total. The molecule has 1 unspecified atom stereocenters. The summed E-state index contributed by atoms with van der Waals surface area (Å²) in [6.45, 7) is 1.00. The normalized spacial score (nSPS) is 22.8. The first kappa shape index (κ1) is 30.7. The number of thioether (sulfide) groups is 1. The van der Waals surface area contributed by atoms with Crippen molar-refractivity contribution in [2.45, 2.75) is 107 Å². The molecule has 12 nitrogen and oxygen atoms in total. The Morgan fingerprint density at radius 3 is 2.13 bits per heavy atom. The highest BCUT2D eigenvalue weighted by atomic mass is 32.2. The van der Waals surface area contributed by atoms with Crippen molar-refractivity contribution in [3.8, 4) is 0 Å². The molecule has 4 atom stereocenters. The van der Waals surface area contributed by atoms with E-state index in [4.69, 9.17) is 0 Å². The smallest absolute Gasteiger partial charge is 0.326 e. The number of hydrogen-bond acceptors (Lipinski definition) is 7. The number of rotatable bonds is 18. The lowest BCUT2D eigenvalue weighted by atomic mass is 10.0. The number of urea groups is 1. The Morgan fingerprint density at radius 2 is 1.49 bits per heavy atom. The van der Waals surface area contributed by atoms with Crippen molar-refractivity contribution >= 4 is 47.4 Å². The number of imide groups is 1. The summed E-state index contributed by atoms with van der Waals surface area (Å²) in [5.41, 5.74) is 0. The highest BCUT2D eigenvalue weighted by Gasteiger charge is 2.42. The van der Waals surface area contributed by atoms with Crippen LogP contribution < -0.4 is 21.3 Å². The van der Waals surface area contributed by atoms with Gasteiger partial charge in [-0.25, -0.2) is 9.59 Å². The maximum atomic E-state index is 12.0. The number of carbonyl (C=O) groups is 6. The largest absolute Gasteiger partial charge is 0.480 e. The topological polar surface area (TPSA) is 174 Å². The van der Waals surface area contributed by atoms with Crippen LogP contribution in [0.4, 0.5) is 4.79 Å². The molecule has 3 saturated heterocycles. The number of carboxylic acid groups (broad SMARTS) is 1. The first-order chi connectivity index (χ1) is 18.8. The number of nitrogens with zero attached hydrogens (tertiary/aromatic N) is 1. The fourth-order valence-electron chi connectivity index (χ4n) is 5.26. The van der Waals surface area contributed by atoms with Gasteiger partial charge in [0, 0.05) is 49.8 Å². The molecule has 0 aromatic carbocycles. The lowest BCUT2D eigenvalue weighted by Gasteiger charge is -2.22. The van der Waals surface area contributed by atoms with Gasteiger partial charge in [0.25, 0.3) is 0 Å². The number of likely N-dealkylation sites (tertiary alicyclic amines) is 1. The van der Waals surface area contributed by atoms with Crippen LogP contribution in [-0.2, 0) is 24.0 Å². The summed E-state index contributed by atoms with van der Waals surface area (Å²) in [7, 11) is 0. The summed E-state index contributed by atoms with van der Waals surface area (Å²) in [5, 5.41) is 21.5. The van der Waals surface area contributed by atoms with Crippen molar-refractivity contribution in [2.24, 2.45) is 0 Å². The highest BCUT2D eigenvalue weighted by molar-refractivity contribution is 8.00. The van der Waals surface area contributed by atoms with Crippen LogP contribution in [0, 0.1) is 0 Å². The third-order valence-corrected chi connectivity index (χ3v) is 8.91. The summed E-state index contributed by atoms with van der Waals surface area (Å²) in [5.74, 6) is -1.14. The Morgan fingerprint density at radius 1 is 0.872 bits per heavy atom. The number of fused-ring (bicyclic) bond motifs is 1. The molecule has 0 spiro atoms. The van der Waals surface area contributed by atoms with E-state index in [2.05, 4.69) is 21.3 Å². The molecule has 0 bridgehead atoms. The van der Waals surface area contributed by atoms with E-state index in [0.717, 1.165) is 42.8 Å². The first-order valence-corrected chi connectivity index (χ1v) is 15.1. The number of carboxylic acids is 1. The van der Waals surface area contributed by atoms with E-state index in [1.54, 1.807) is 0 Å². The quantitative estimate of drug-likeness (QED) is 0.0935. The van der Waals surface area contributed by atoms with Crippen molar-refractivity contribution in [1.82, 2.24) is 26.2 Å². The number of amides is 6. The molecule has 3 fully saturated rings. The van der Waals surface area contributed by atoms with Gasteiger partial charge in [-0.15, -0.1) is 0 Å². The molecule has 6 amide bonds. The number of hydrogen-bond donors (Lipinski definition) is 5. The van der Waals surface area contributed by atoms with Gasteiger partial charge in [-0.2, -0.15) is 11.8 Å². The van der Waals surface area contributed by atoms with Crippen LogP contribution in [0.1, 0.15) is 83.5 Å². The SMILES string of the molecule is O=C(CCCCCNC(=O)CCCC[C@@H]1SC[C@@H]2NC(=O)N[C@@H]21)NCCCCC(C(=O)O)N1C(=O)CCC1=O. The number of unbranched alkanes of at least 4 members (excludes halogenated alkanes) is 4. The maximum Gasteiger partial charge on any atom is 0.326 e. The van der Waals surface area contributed by atoms with Crippen LogP contribution in [0.2, 0.25) is 0 Å². The predicted molar refractivity (Wildman–Crippen MR) is 145 cm³/mol. The molecule has 0 saturated carbocycles. The molecule has 0 aliphatic carbocycles. The van der Waals surface area contributed by atoms with Gasteiger partial charge in [0.2, 0.25) is 23.6 Å². The average Bonchev–Trinajstić information content (AvgIpc) is 3.55. The molecule has 3 heterocycles. The fraction of sp³-hybridized carbons (Fsp3) is 0.769. The molecule has 3 aliphatic heterocycles. The Bertz CT molecular complexity index is 901. The monoisotopic (exact) mass is 567 g/mol. The summed E-state index contributed by atoms with van der Waals surface area (Å²) in [4.78, 5) is 71.4. The van der Waals surface area contributed by atoms with Crippen LogP contribution in [0.5, 0.6) is 0 Å². The van der Waals surface area contributed by atoms with E-state index < -0.39 is 23.8 Å². The van der Waals surface area contributed by atoms with Gasteiger partial charge >= 0.3 is 12.0 Å². The molecular weight excluding hydrogens is 526 g/mol. The van der Waals surface area contributed by atoms with Gasteiger partial charge in [-0.1, -0.05) is 12.8 Å². The minimum Gasteiger partial charge on any atom is -0.480 e. The first-order valence-electron chi connectivity index (χ1n) is 14.1. The third kappa shape index (κ3) is 9.70. The van der Waals surface area contributed by atoms with E-state index in [1.165, 1.54) is 0 Å². The van der Waals surface area contributed by atoms with E-state index in [0.29, 0.717) is 50.4 Å². The zero-order valence-corrected chi connectivity index (χ0v) is 23.2. The van der Waals surface area contributed by atoms with Crippen LogP contribution in [0.3, 0.4) is 0 Å². The molecule has 218 valence electrons. The summed E-state index contributed by atoms with van der Waals surface area (Å²) in [6.07, 6.45) is 7.34. The van der Waals surface area contributed by atoms with Crippen molar-refractivity contribution in [2.75, 3.05) is 18.8 Å². The molecule has 3 rings (SSSR count). The Labute approximate surface area is 233 Å². The average molecular weight is 568 g/mol. The molecule has 3 aliphatic rings. The highest BCUT2D eigenvalue weighted by Crippen LogP contribution is 2.33. The molecule has 0 aromatic rings. The number of aliphatic carboxylic acids is 1. The van der Waals surface area contributed by atoms with Gasteiger partial charge in [0.1, 0.15) is 6.04 Å². The van der Waals surface area contributed by atoms with E-state index >= 15 is 0 Å². The second kappa shape index (κ2) is 15.7. The van der Waals surface area contributed by atoms with Gasteiger partial charge in [0.05, 0.1) is 12.1 Å². The van der Waals surface area contributed by atoms with Crippen molar-refractivity contribution in [3.63, 3.8) is 0 Å². The van der Waals surface area contributed by atoms with E-state index in [1.807, 2.05) is 11.8 Å². The Balaban J connectivity index is 1.12. The van der Waals surface area contributed by atoms with Gasteiger partial charge in [-0.05, 0) is 44.9 Å². The zero-order chi connectivity index (χ0) is 28.2. The van der Waals surface area contributed by atoms with Crippen LogP contribution in [-0.4, -0.2) is 87.9 Å². The van der Waals surface area contributed by atoms with Crippen molar-refractivity contribution in [1.29, 1.82) is 0 Å². The van der Waals surface area contributed by atoms with Gasteiger partial charge < -0.3 is 26.4 Å². The lowest BCUT2D eigenvalue weighted by Crippen LogP contribution is -2.44. The van der Waals surface area contributed by atoms with Crippen LogP contribution in [0.15, 0.2) is 0 Å². The molecular formula is C26H41N5O7S. The van der Waals surface area contributed by atoms with Crippen LogP contribution in [0.25, 0.3) is 0 Å². The standard InChI is InChI=1S/C26H41N5O7S/c32-20(28-15-7-5-8-18(25(36)37)31-22(34)12-13-23(31)35)10-2-1-6-14-27-21(33)11-4-3-9-19-24-17(16-39-19)29-26(38)30-24/h17-19,24H,1-16H2,(H,27,33)(H,28,32)(H,36,37)(H2,29,30,38)/t17-,18?,19-,24-/m0/s1. The molecule has 13 heteroatoms. The fourth-order valence-corrected chi connectivity index (χ4v) is 6.80. The van der Waals surface area contributed by atoms with Crippen molar-refractivity contribution < 1.29 is 33.9 Å². The number of nitrogens with one attached hydrogen (secondary N) is 4. The lowest BCUT2D eigenvalue weighted by molar-refractivity contribution is -0.154. The zero-order valence-electron chi connectivity index (χ0n) is 22.4. The minimum absolute atomic E-state index is 0.0455. The van der Waals surface area contributed by atoms with Gasteiger partial charge in [-0.3, -0.25) is 24.1 Å². The van der Waals surface area contributed by atoms with E-state index in [9.17, 15) is 33.9 Å². The molecule has 0 aromatic heterocycles. The molecule has 0 radical (unpaired) electrons. The second-order valence-corrected chi connectivity index (χ2v) is 11.7. The Kier molecular flexibility index (Phi) is 12.3.